The van der Waals surface area contributed by atoms with Crippen LogP contribution in [-0.2, 0) is 4.74 Å². The first-order valence-electron chi connectivity index (χ1n) is 6.70. The van der Waals surface area contributed by atoms with E-state index in [9.17, 15) is 10.2 Å². The molecule has 0 aliphatic carbocycles. The number of nitrogens with two attached hydrogens (primary N) is 2. The van der Waals surface area contributed by atoms with Crippen molar-refractivity contribution in [1.82, 2.24) is 9.97 Å². The minimum absolute atomic E-state index is 0.158. The van der Waals surface area contributed by atoms with Gasteiger partial charge in [0.05, 0.1) is 13.3 Å². The molecule has 23 heavy (non-hydrogen) atoms. The highest BCUT2D eigenvalue weighted by Crippen LogP contribution is 2.38. The number of anilines is 3. The highest BCUT2D eigenvalue weighted by Gasteiger charge is 2.48. The molecular weight excluding hydrogens is 328 g/mol. The Bertz CT molecular complexity index is 615. The van der Waals surface area contributed by atoms with Crippen LogP contribution in [0.4, 0.5) is 17.5 Å². The van der Waals surface area contributed by atoms with Gasteiger partial charge in [-0.05, 0) is 0 Å². The number of nitrogens with zero attached hydrogens (tertiary/aromatic N) is 3. The van der Waals surface area contributed by atoms with Crippen LogP contribution in [0.25, 0.3) is 0 Å². The van der Waals surface area contributed by atoms with Crippen molar-refractivity contribution in [1.29, 1.82) is 0 Å². The van der Waals surface area contributed by atoms with Crippen LogP contribution in [0.1, 0.15) is 0 Å². The van der Waals surface area contributed by atoms with E-state index in [-0.39, 0.29) is 12.6 Å². The number of hydrogen-bond donors (Lipinski definition) is 7. The summed E-state index contributed by atoms with van der Waals surface area (Å²) in [6.07, 6.45) is -3.99. The molecule has 0 bridgehead atoms. The largest absolute Gasteiger partial charge is 0.394 e. The van der Waals surface area contributed by atoms with Crippen molar-refractivity contribution >= 4 is 29.7 Å². The number of aromatic amines is 1. The van der Waals surface area contributed by atoms with Gasteiger partial charge in [-0.1, -0.05) is 12.2 Å². The first-order valence-corrected chi connectivity index (χ1v) is 7.10. The Hall–Kier alpha value is -1.54. The van der Waals surface area contributed by atoms with Crippen LogP contribution in [0.15, 0.2) is 0 Å². The Morgan fingerprint density at radius 3 is 2.61 bits per heavy atom. The van der Waals surface area contributed by atoms with Crippen molar-refractivity contribution < 1.29 is 25.3 Å². The molecule has 2 aliphatic rings. The third kappa shape index (κ3) is 2.97. The van der Waals surface area contributed by atoms with Gasteiger partial charge in [-0.2, -0.15) is 4.98 Å². The average molecular weight is 348 g/mol. The summed E-state index contributed by atoms with van der Waals surface area (Å²) in [6, 6.07) is 0. The summed E-state index contributed by atoms with van der Waals surface area (Å²) in [5.74, 6) is 4.14. The second-order valence-electron chi connectivity index (χ2n) is 5.16. The monoisotopic (exact) mass is 348 g/mol. The highest BCUT2D eigenvalue weighted by molar-refractivity contribution is 7.71. The van der Waals surface area contributed by atoms with Crippen LogP contribution in [0.3, 0.4) is 0 Å². The third-order valence-corrected chi connectivity index (χ3v) is 4.03. The molecule has 2 aliphatic heterocycles. The van der Waals surface area contributed by atoms with Crippen molar-refractivity contribution in [2.45, 2.75) is 24.5 Å². The summed E-state index contributed by atoms with van der Waals surface area (Å²) in [7, 11) is 1.82. The van der Waals surface area contributed by atoms with Crippen molar-refractivity contribution in [2.75, 3.05) is 35.9 Å². The summed E-state index contributed by atoms with van der Waals surface area (Å²) in [5.41, 5.74) is 6.36. The molecule has 0 spiro atoms. The Labute approximate surface area is 136 Å². The lowest BCUT2D eigenvalue weighted by molar-refractivity contribution is -0.0221. The minimum Gasteiger partial charge on any atom is -0.394 e. The Morgan fingerprint density at radius 1 is 1.39 bits per heavy atom. The molecule has 1 aromatic heterocycles. The number of nitrogen functional groups attached to an aromatic ring is 1. The van der Waals surface area contributed by atoms with E-state index in [1.54, 1.807) is 4.90 Å². The Balaban J connectivity index is 0.000000924. The van der Waals surface area contributed by atoms with E-state index >= 15 is 0 Å². The van der Waals surface area contributed by atoms with Gasteiger partial charge in [0.25, 0.3) is 0 Å². The molecule has 0 amide bonds. The second-order valence-corrected chi connectivity index (χ2v) is 5.57. The fourth-order valence-corrected chi connectivity index (χ4v) is 3.07. The molecule has 0 saturated carbocycles. The van der Waals surface area contributed by atoms with E-state index in [0.717, 1.165) is 0 Å². The summed E-state index contributed by atoms with van der Waals surface area (Å²) in [6.45, 7) is -0.00839. The number of rotatable bonds is 2. The number of H-pyrrole nitrogens is 1. The first kappa shape index (κ1) is 17.8. The average Bonchev–Trinajstić information content (AvgIpc) is 2.99. The molecule has 1 aromatic rings. The minimum atomic E-state index is -1.16. The molecule has 1 saturated heterocycles. The molecule has 0 unspecified atom stereocenters. The molecule has 9 N–H and O–H groups in total. The first-order chi connectivity index (χ1) is 10.9. The predicted molar refractivity (Wildman–Crippen MR) is 83.3 cm³/mol. The van der Waals surface area contributed by atoms with Gasteiger partial charge in [0, 0.05) is 7.05 Å². The number of aromatic nitrogens is 2. The Morgan fingerprint density at radius 2 is 2.04 bits per heavy atom. The number of nitrogens with one attached hydrogen (secondary N) is 1. The van der Waals surface area contributed by atoms with Crippen LogP contribution in [-0.4, -0.2) is 75.4 Å². The molecule has 3 rings (SSSR count). The Kier molecular flexibility index (Phi) is 5.36. The van der Waals surface area contributed by atoms with Crippen LogP contribution in [0.5, 0.6) is 0 Å². The van der Waals surface area contributed by atoms with E-state index in [0.29, 0.717) is 22.8 Å². The zero-order valence-electron chi connectivity index (χ0n) is 12.3. The number of hydrogen-bond acceptors (Lipinski definition) is 11. The number of ether oxygens (including phenoxy) is 1. The lowest BCUT2D eigenvalue weighted by atomic mass is 10.1. The normalized spacial score (nSPS) is 29.3. The maximum atomic E-state index is 10.1. The summed E-state index contributed by atoms with van der Waals surface area (Å²) in [5, 5.41) is 35.7. The van der Waals surface area contributed by atoms with E-state index in [2.05, 4.69) is 15.9 Å². The predicted octanol–water partition coefficient (Wildman–Crippen LogP) is -2.29. The quantitative estimate of drug-likeness (QED) is 0.226. The number of aliphatic hydroxyl groups excluding tert-OH is 3. The molecule has 1 fully saturated rings. The van der Waals surface area contributed by atoms with Gasteiger partial charge in [-0.15, -0.1) is 0 Å². The molecule has 0 aromatic carbocycles. The van der Waals surface area contributed by atoms with E-state index in [1.807, 2.05) is 11.9 Å². The standard InChI is InChI=1S/C11H17N5O4S.H3NO/c1-15-3-16(8-5(15)9(21)14-11(12)13-8)10-7(19)6(18)4(2-17)20-10;1-2/h4,6-7,10,17-19H,2-3H2,1H3,(H3,12,13,14,21);2H,1H2/t4-,6-,7-,10-;/m1./s1. The molecule has 12 heteroatoms. The highest BCUT2D eigenvalue weighted by atomic mass is 32.1. The third-order valence-electron chi connectivity index (χ3n) is 3.74. The van der Waals surface area contributed by atoms with Crippen molar-refractivity contribution in [3.05, 3.63) is 4.64 Å². The SMILES string of the molecule is CN1CN([C@@H]2O[C@H](CO)[C@@H](O)[C@H]2O)c2nc(N)[nH]c(=S)c21.NO. The summed E-state index contributed by atoms with van der Waals surface area (Å²) < 4.78 is 5.97. The van der Waals surface area contributed by atoms with Gasteiger partial charge >= 0.3 is 0 Å². The smallest absolute Gasteiger partial charge is 0.200 e. The van der Waals surface area contributed by atoms with Crippen molar-refractivity contribution in [3.63, 3.8) is 0 Å². The molecule has 130 valence electrons. The maximum Gasteiger partial charge on any atom is 0.200 e. The summed E-state index contributed by atoms with van der Waals surface area (Å²) in [4.78, 5) is 10.5. The fraction of sp³-hybridized carbons (Fsp3) is 0.636. The van der Waals surface area contributed by atoms with Gasteiger partial charge < -0.3 is 45.8 Å². The molecule has 4 atom stereocenters. The molecule has 0 radical (unpaired) electrons. The second kappa shape index (κ2) is 6.92. The van der Waals surface area contributed by atoms with Crippen LogP contribution in [0.2, 0.25) is 0 Å². The van der Waals surface area contributed by atoms with E-state index in [4.69, 9.17) is 33.0 Å². The lowest BCUT2D eigenvalue weighted by Crippen LogP contribution is -2.45. The maximum absolute atomic E-state index is 10.1. The van der Waals surface area contributed by atoms with Gasteiger partial charge in [0.1, 0.15) is 28.6 Å². The number of aliphatic hydroxyl groups is 3. The molecule has 11 nitrogen and oxygen atoms in total. The van der Waals surface area contributed by atoms with Gasteiger partial charge in [0.15, 0.2) is 12.0 Å². The van der Waals surface area contributed by atoms with Gasteiger partial charge in [-0.3, -0.25) is 0 Å². The van der Waals surface area contributed by atoms with Crippen molar-refractivity contribution in [3.8, 4) is 0 Å². The lowest BCUT2D eigenvalue weighted by Gasteiger charge is -2.27. The van der Waals surface area contributed by atoms with Crippen LogP contribution < -0.4 is 21.4 Å². The van der Waals surface area contributed by atoms with Gasteiger partial charge in [-0.25, -0.2) is 5.90 Å². The zero-order chi connectivity index (χ0) is 17.3. The van der Waals surface area contributed by atoms with Gasteiger partial charge in [0.2, 0.25) is 5.95 Å². The van der Waals surface area contributed by atoms with E-state index < -0.39 is 24.5 Å². The van der Waals surface area contributed by atoms with Crippen LogP contribution >= 0.6 is 12.2 Å². The summed E-state index contributed by atoms with van der Waals surface area (Å²) >= 11 is 5.23. The van der Waals surface area contributed by atoms with Crippen LogP contribution in [0, 0.1) is 4.64 Å². The van der Waals surface area contributed by atoms with Crippen molar-refractivity contribution in [2.24, 2.45) is 5.90 Å². The number of fused-ring (bicyclic) bond motifs is 1. The van der Waals surface area contributed by atoms with E-state index in [1.165, 1.54) is 0 Å². The zero-order valence-corrected chi connectivity index (χ0v) is 13.1. The molecular formula is C11H20N6O5S. The fourth-order valence-electron chi connectivity index (χ4n) is 2.72. The molecule has 3 heterocycles. The topological polar surface area (TPSA) is 177 Å².